The molecule has 2 atom stereocenters. The molecule has 0 spiro atoms. The SMILES string of the molecule is CCCC[C@@H]1CN(c2nccc(N3CCC(O)CC3)n2)C[C@H](C(C)C)O1. The minimum Gasteiger partial charge on any atom is -0.393 e. The van der Waals surface area contributed by atoms with Crippen molar-refractivity contribution >= 4 is 11.8 Å². The zero-order chi connectivity index (χ0) is 18.5. The minimum atomic E-state index is -0.169. The van der Waals surface area contributed by atoms with Gasteiger partial charge < -0.3 is 19.6 Å². The lowest BCUT2D eigenvalue weighted by atomic mass is 10.0. The minimum absolute atomic E-state index is 0.169. The highest BCUT2D eigenvalue weighted by molar-refractivity contribution is 5.44. The largest absolute Gasteiger partial charge is 0.393 e. The van der Waals surface area contributed by atoms with Gasteiger partial charge in [0.15, 0.2) is 0 Å². The van der Waals surface area contributed by atoms with Gasteiger partial charge in [0, 0.05) is 32.4 Å². The van der Waals surface area contributed by atoms with Crippen LogP contribution < -0.4 is 9.80 Å². The Morgan fingerprint density at radius 2 is 2.00 bits per heavy atom. The van der Waals surface area contributed by atoms with E-state index < -0.39 is 0 Å². The van der Waals surface area contributed by atoms with Crippen LogP contribution >= 0.6 is 0 Å². The Morgan fingerprint density at radius 3 is 2.69 bits per heavy atom. The number of nitrogens with zero attached hydrogens (tertiary/aromatic N) is 4. The van der Waals surface area contributed by atoms with E-state index in [1.165, 1.54) is 12.8 Å². The lowest BCUT2D eigenvalue weighted by Crippen LogP contribution is -2.50. The summed E-state index contributed by atoms with van der Waals surface area (Å²) >= 11 is 0. The fourth-order valence-electron chi connectivity index (χ4n) is 3.76. The van der Waals surface area contributed by atoms with Crippen LogP contribution in [0.5, 0.6) is 0 Å². The Bertz CT molecular complexity index is 560. The molecule has 0 bridgehead atoms. The van der Waals surface area contributed by atoms with Crippen molar-refractivity contribution in [1.82, 2.24) is 9.97 Å². The van der Waals surface area contributed by atoms with E-state index in [4.69, 9.17) is 9.72 Å². The summed E-state index contributed by atoms with van der Waals surface area (Å²) in [5, 5.41) is 9.73. The van der Waals surface area contributed by atoms with Gasteiger partial charge in [0.25, 0.3) is 0 Å². The van der Waals surface area contributed by atoms with Crippen molar-refractivity contribution in [2.75, 3.05) is 36.0 Å². The smallest absolute Gasteiger partial charge is 0.227 e. The van der Waals surface area contributed by atoms with Gasteiger partial charge >= 0.3 is 0 Å². The van der Waals surface area contributed by atoms with Crippen molar-refractivity contribution in [3.8, 4) is 0 Å². The highest BCUT2D eigenvalue weighted by Crippen LogP contribution is 2.25. The number of aliphatic hydroxyl groups is 1. The molecule has 0 unspecified atom stereocenters. The van der Waals surface area contributed by atoms with E-state index in [2.05, 4.69) is 35.6 Å². The molecule has 6 nitrogen and oxygen atoms in total. The molecule has 2 saturated heterocycles. The van der Waals surface area contributed by atoms with Crippen LogP contribution in [0.2, 0.25) is 0 Å². The van der Waals surface area contributed by atoms with E-state index in [0.29, 0.717) is 5.92 Å². The van der Waals surface area contributed by atoms with Crippen LogP contribution in [-0.2, 0) is 4.74 Å². The number of unbranched alkanes of at least 4 members (excludes halogenated alkanes) is 1. The molecule has 0 saturated carbocycles. The van der Waals surface area contributed by atoms with Crippen molar-refractivity contribution < 1.29 is 9.84 Å². The number of aliphatic hydroxyl groups excluding tert-OH is 1. The Morgan fingerprint density at radius 1 is 1.23 bits per heavy atom. The quantitative estimate of drug-likeness (QED) is 0.840. The Hall–Kier alpha value is -1.40. The summed E-state index contributed by atoms with van der Waals surface area (Å²) in [6, 6.07) is 1.98. The maximum absolute atomic E-state index is 9.73. The molecule has 1 N–H and O–H groups in total. The van der Waals surface area contributed by atoms with Crippen molar-refractivity contribution in [2.24, 2.45) is 5.92 Å². The molecule has 6 heteroatoms. The Labute approximate surface area is 157 Å². The monoisotopic (exact) mass is 362 g/mol. The van der Waals surface area contributed by atoms with E-state index in [1.54, 1.807) is 0 Å². The van der Waals surface area contributed by atoms with Crippen LogP contribution in [0.25, 0.3) is 0 Å². The number of aromatic nitrogens is 2. The molecule has 3 rings (SSSR count). The van der Waals surface area contributed by atoms with E-state index in [0.717, 1.165) is 57.2 Å². The second-order valence-corrected chi connectivity index (χ2v) is 8.02. The fourth-order valence-corrected chi connectivity index (χ4v) is 3.76. The molecule has 2 aliphatic rings. The molecule has 146 valence electrons. The molecule has 2 fully saturated rings. The third-order valence-electron chi connectivity index (χ3n) is 5.51. The highest BCUT2D eigenvalue weighted by Gasteiger charge is 2.31. The van der Waals surface area contributed by atoms with Gasteiger partial charge in [-0.2, -0.15) is 4.98 Å². The molecule has 2 aliphatic heterocycles. The van der Waals surface area contributed by atoms with E-state index in [-0.39, 0.29) is 18.3 Å². The van der Waals surface area contributed by atoms with Crippen molar-refractivity contribution in [1.29, 1.82) is 0 Å². The topological polar surface area (TPSA) is 61.7 Å². The lowest BCUT2D eigenvalue weighted by molar-refractivity contribution is -0.0523. The van der Waals surface area contributed by atoms with Crippen LogP contribution in [0.3, 0.4) is 0 Å². The predicted octanol–water partition coefficient (Wildman–Crippen LogP) is 2.86. The first-order chi connectivity index (χ1) is 12.6. The summed E-state index contributed by atoms with van der Waals surface area (Å²) in [7, 11) is 0. The predicted molar refractivity (Wildman–Crippen MR) is 105 cm³/mol. The number of hydrogen-bond donors (Lipinski definition) is 1. The van der Waals surface area contributed by atoms with Gasteiger partial charge in [-0.3, -0.25) is 0 Å². The zero-order valence-electron chi connectivity index (χ0n) is 16.5. The lowest BCUT2D eigenvalue weighted by Gasteiger charge is -2.40. The van der Waals surface area contributed by atoms with Crippen molar-refractivity contribution in [3.05, 3.63) is 12.3 Å². The standard InChI is InChI=1S/C20H34N4O2/c1-4-5-6-17-13-24(14-18(26-17)15(2)3)20-21-10-7-19(22-20)23-11-8-16(25)9-12-23/h7,10,15-18,25H,4-6,8-9,11-14H2,1-3H3/t17-,18-/m1/s1. The van der Waals surface area contributed by atoms with E-state index in [1.807, 2.05) is 12.3 Å². The molecule has 0 aromatic carbocycles. The zero-order valence-corrected chi connectivity index (χ0v) is 16.5. The third kappa shape index (κ3) is 4.86. The summed E-state index contributed by atoms with van der Waals surface area (Å²) in [5.74, 6) is 2.26. The average Bonchev–Trinajstić information content (AvgIpc) is 2.67. The third-order valence-corrected chi connectivity index (χ3v) is 5.51. The van der Waals surface area contributed by atoms with Gasteiger partial charge in [0.2, 0.25) is 5.95 Å². The van der Waals surface area contributed by atoms with E-state index in [9.17, 15) is 5.11 Å². The molecule has 26 heavy (non-hydrogen) atoms. The summed E-state index contributed by atoms with van der Waals surface area (Å²) in [6.07, 6.45) is 7.29. The number of morpholine rings is 1. The number of anilines is 2. The molecule has 1 aromatic rings. The summed E-state index contributed by atoms with van der Waals surface area (Å²) in [4.78, 5) is 14.0. The first kappa shape index (κ1) is 19.4. The first-order valence-electron chi connectivity index (χ1n) is 10.2. The van der Waals surface area contributed by atoms with Gasteiger partial charge in [-0.25, -0.2) is 4.98 Å². The van der Waals surface area contributed by atoms with Crippen LogP contribution in [0.4, 0.5) is 11.8 Å². The second-order valence-electron chi connectivity index (χ2n) is 8.02. The van der Waals surface area contributed by atoms with Gasteiger partial charge in [-0.15, -0.1) is 0 Å². The molecular formula is C20H34N4O2. The van der Waals surface area contributed by atoms with Crippen LogP contribution in [0, 0.1) is 5.92 Å². The maximum atomic E-state index is 9.73. The molecule has 3 heterocycles. The number of ether oxygens (including phenoxy) is 1. The van der Waals surface area contributed by atoms with Crippen molar-refractivity contribution in [2.45, 2.75) is 71.2 Å². The molecular weight excluding hydrogens is 328 g/mol. The highest BCUT2D eigenvalue weighted by atomic mass is 16.5. The normalized spacial score (nSPS) is 25.1. The number of piperidine rings is 1. The molecule has 0 amide bonds. The molecule has 0 aliphatic carbocycles. The average molecular weight is 363 g/mol. The Kier molecular flexibility index (Phi) is 6.70. The summed E-state index contributed by atoms with van der Waals surface area (Å²) in [6.45, 7) is 10.1. The Balaban J connectivity index is 1.72. The van der Waals surface area contributed by atoms with Gasteiger partial charge in [0.1, 0.15) is 5.82 Å². The maximum Gasteiger partial charge on any atom is 0.227 e. The van der Waals surface area contributed by atoms with Crippen LogP contribution in [0.15, 0.2) is 12.3 Å². The number of rotatable bonds is 6. The molecule has 1 aromatic heterocycles. The fraction of sp³-hybridized carbons (Fsp3) is 0.800. The van der Waals surface area contributed by atoms with Crippen molar-refractivity contribution in [3.63, 3.8) is 0 Å². The van der Waals surface area contributed by atoms with E-state index >= 15 is 0 Å². The first-order valence-corrected chi connectivity index (χ1v) is 10.2. The summed E-state index contributed by atoms with van der Waals surface area (Å²) in [5.41, 5.74) is 0. The molecule has 0 radical (unpaired) electrons. The van der Waals surface area contributed by atoms with Gasteiger partial charge in [-0.1, -0.05) is 33.6 Å². The van der Waals surface area contributed by atoms with Gasteiger partial charge in [-0.05, 0) is 31.2 Å². The summed E-state index contributed by atoms with van der Waals surface area (Å²) < 4.78 is 6.32. The number of hydrogen-bond acceptors (Lipinski definition) is 6. The second kappa shape index (κ2) is 9.00. The van der Waals surface area contributed by atoms with Gasteiger partial charge in [0.05, 0.1) is 18.3 Å². The van der Waals surface area contributed by atoms with Crippen LogP contribution in [0.1, 0.15) is 52.9 Å². The van der Waals surface area contributed by atoms with Crippen LogP contribution in [-0.4, -0.2) is 59.6 Å².